The number of fused-ring (bicyclic) bond motifs is 2. The van der Waals surface area contributed by atoms with Gasteiger partial charge in [-0.15, -0.1) is 0 Å². The summed E-state index contributed by atoms with van der Waals surface area (Å²) in [5, 5.41) is 8.20. The maximum Gasteiger partial charge on any atom is 0.326 e. The van der Waals surface area contributed by atoms with Crippen molar-refractivity contribution < 1.29 is 17.9 Å². The number of imidazole rings is 1. The minimum atomic E-state index is -4.22. The van der Waals surface area contributed by atoms with E-state index in [1.165, 1.54) is 19.4 Å². The minimum Gasteiger partial charge on any atom is -0.468 e. The van der Waals surface area contributed by atoms with Crippen LogP contribution in [0.5, 0.6) is 0 Å². The molecule has 4 N–H and O–H groups in total. The van der Waals surface area contributed by atoms with Crippen LogP contribution < -0.4 is 10.0 Å². The number of nitrogen functional groups attached to an aromatic ring is 1. The predicted molar refractivity (Wildman–Crippen MR) is 154 cm³/mol. The Kier molecular flexibility index (Phi) is 7.22. The van der Waals surface area contributed by atoms with Crippen LogP contribution in [-0.2, 0) is 32.4 Å². The van der Waals surface area contributed by atoms with Crippen LogP contribution in [0.25, 0.3) is 21.9 Å². The Morgan fingerprint density at radius 1 is 1.02 bits per heavy atom. The predicted octanol–water partition coefficient (Wildman–Crippen LogP) is 3.86. The number of ether oxygens (including phenoxy) is 1. The summed E-state index contributed by atoms with van der Waals surface area (Å²) in [4.78, 5) is 24.8. The quantitative estimate of drug-likeness (QED) is 0.141. The van der Waals surface area contributed by atoms with Gasteiger partial charge in [-0.05, 0) is 43.2 Å². The molecule has 3 aromatic carbocycles. The smallest absolute Gasteiger partial charge is 0.326 e. The number of benzene rings is 3. The number of aromatic nitrogens is 3. The number of para-hydroxylation sites is 1. The first-order valence-electron chi connectivity index (χ1n) is 12.5. The molecule has 0 saturated carbocycles. The summed E-state index contributed by atoms with van der Waals surface area (Å²) in [5.41, 5.74) is 9.89. The SMILES string of the molecule is COC(=O)CN(c1ccc2[nH]c(CCc3ccc(C(=N)N)cc3)nc2c1C)S(=O)(=O)c1cccc2cccnc12. The lowest BCUT2D eigenvalue weighted by molar-refractivity contribution is -0.138. The zero-order valence-electron chi connectivity index (χ0n) is 22.0. The van der Waals surface area contributed by atoms with Crippen LogP contribution in [0, 0.1) is 12.3 Å². The molecule has 11 heteroatoms. The number of nitrogens with two attached hydrogens (primary N) is 1. The normalized spacial score (nSPS) is 11.6. The highest BCUT2D eigenvalue weighted by Crippen LogP contribution is 2.33. The maximum absolute atomic E-state index is 14.0. The van der Waals surface area contributed by atoms with Crippen LogP contribution in [0.2, 0.25) is 0 Å². The first-order valence-corrected chi connectivity index (χ1v) is 14.0. The fourth-order valence-electron chi connectivity index (χ4n) is 4.64. The lowest BCUT2D eigenvalue weighted by Crippen LogP contribution is -2.37. The van der Waals surface area contributed by atoms with Gasteiger partial charge in [0.05, 0.1) is 29.3 Å². The van der Waals surface area contributed by atoms with Gasteiger partial charge in [0.2, 0.25) is 0 Å². The minimum absolute atomic E-state index is 0.00694. The Morgan fingerprint density at radius 2 is 1.77 bits per heavy atom. The number of rotatable bonds is 9. The summed E-state index contributed by atoms with van der Waals surface area (Å²) in [6, 6.07) is 19.4. The third kappa shape index (κ3) is 5.10. The Bertz CT molecular complexity index is 1840. The number of aromatic amines is 1. The van der Waals surface area contributed by atoms with E-state index in [4.69, 9.17) is 20.9 Å². The Morgan fingerprint density at radius 3 is 2.50 bits per heavy atom. The van der Waals surface area contributed by atoms with Crippen molar-refractivity contribution in [3.8, 4) is 0 Å². The fourth-order valence-corrected chi connectivity index (χ4v) is 6.27. The summed E-state index contributed by atoms with van der Waals surface area (Å²) in [7, 11) is -3.00. The molecule has 40 heavy (non-hydrogen) atoms. The molecule has 0 unspecified atom stereocenters. The van der Waals surface area contributed by atoms with E-state index in [1.54, 1.807) is 43.3 Å². The zero-order chi connectivity index (χ0) is 28.4. The number of carbonyl (C=O) groups excluding carboxylic acids is 1. The molecule has 0 saturated heterocycles. The van der Waals surface area contributed by atoms with Crippen molar-refractivity contribution in [2.75, 3.05) is 18.0 Å². The molecule has 0 aliphatic carbocycles. The Hall–Kier alpha value is -4.77. The summed E-state index contributed by atoms with van der Waals surface area (Å²) >= 11 is 0. The summed E-state index contributed by atoms with van der Waals surface area (Å²) in [5.74, 6) is 0.0661. The number of nitrogens with one attached hydrogen (secondary N) is 2. The second-order valence-corrected chi connectivity index (χ2v) is 11.1. The topological polar surface area (TPSA) is 155 Å². The number of pyridine rings is 1. The zero-order valence-corrected chi connectivity index (χ0v) is 22.8. The first-order chi connectivity index (χ1) is 19.2. The second kappa shape index (κ2) is 10.8. The lowest BCUT2D eigenvalue weighted by Gasteiger charge is -2.25. The largest absolute Gasteiger partial charge is 0.468 e. The Balaban J connectivity index is 1.51. The summed E-state index contributed by atoms with van der Waals surface area (Å²) < 4.78 is 34.0. The van der Waals surface area contributed by atoms with Crippen LogP contribution in [0.15, 0.2) is 77.8 Å². The molecular weight excluding hydrogens is 528 g/mol. The van der Waals surface area contributed by atoms with E-state index >= 15 is 0 Å². The number of amidine groups is 1. The average Bonchev–Trinajstić information content (AvgIpc) is 3.39. The number of sulfonamides is 1. The van der Waals surface area contributed by atoms with Crippen molar-refractivity contribution in [2.45, 2.75) is 24.7 Å². The van der Waals surface area contributed by atoms with Gasteiger partial charge in [0, 0.05) is 29.1 Å². The highest BCUT2D eigenvalue weighted by molar-refractivity contribution is 7.93. The van der Waals surface area contributed by atoms with Crippen LogP contribution in [0.4, 0.5) is 5.69 Å². The van der Waals surface area contributed by atoms with Crippen molar-refractivity contribution in [3.63, 3.8) is 0 Å². The molecule has 0 aliphatic rings. The molecule has 0 aliphatic heterocycles. The van der Waals surface area contributed by atoms with Crippen molar-refractivity contribution in [3.05, 3.63) is 95.4 Å². The molecule has 2 heterocycles. The standard InChI is InChI=1S/C29H28N6O4S/c1-18-23(14-13-22-27(18)34-25(33-22)15-10-19-8-11-21(12-9-19)29(30)31)35(17-26(36)39-2)40(37,38)24-7-3-5-20-6-4-16-32-28(20)24/h3-9,11-14,16H,10,15,17H2,1-2H3,(H3,30,31)(H,33,34). The molecule has 0 spiro atoms. The number of carbonyl (C=O) groups is 1. The van der Waals surface area contributed by atoms with E-state index in [-0.39, 0.29) is 10.7 Å². The molecule has 0 bridgehead atoms. The van der Waals surface area contributed by atoms with Crippen LogP contribution in [0.1, 0.15) is 22.5 Å². The number of nitrogens with zero attached hydrogens (tertiary/aromatic N) is 3. The molecule has 2 aromatic heterocycles. The van der Waals surface area contributed by atoms with Gasteiger partial charge >= 0.3 is 5.97 Å². The van der Waals surface area contributed by atoms with E-state index in [2.05, 4.69) is 9.97 Å². The van der Waals surface area contributed by atoms with E-state index in [0.717, 1.165) is 21.2 Å². The number of methoxy groups -OCH3 is 1. The van der Waals surface area contributed by atoms with E-state index in [1.807, 2.05) is 24.3 Å². The van der Waals surface area contributed by atoms with Crippen molar-refractivity contribution in [2.24, 2.45) is 5.73 Å². The highest BCUT2D eigenvalue weighted by atomic mass is 32.2. The fraction of sp³-hybridized carbons (Fsp3) is 0.172. The monoisotopic (exact) mass is 556 g/mol. The maximum atomic E-state index is 14.0. The number of anilines is 1. The third-order valence-electron chi connectivity index (χ3n) is 6.78. The number of hydrogen-bond acceptors (Lipinski definition) is 7. The van der Waals surface area contributed by atoms with Gasteiger partial charge < -0.3 is 15.5 Å². The van der Waals surface area contributed by atoms with E-state index in [0.29, 0.717) is 46.1 Å². The summed E-state index contributed by atoms with van der Waals surface area (Å²) in [6.07, 6.45) is 2.86. The number of esters is 1. The molecule has 204 valence electrons. The molecule has 0 radical (unpaired) electrons. The number of H-pyrrole nitrogens is 1. The van der Waals surface area contributed by atoms with Crippen LogP contribution in [0.3, 0.4) is 0 Å². The van der Waals surface area contributed by atoms with Crippen LogP contribution in [-0.4, -0.2) is 48.8 Å². The molecule has 10 nitrogen and oxygen atoms in total. The van der Waals surface area contributed by atoms with Crippen molar-refractivity contribution in [1.82, 2.24) is 15.0 Å². The molecular formula is C29H28N6O4S. The van der Waals surface area contributed by atoms with Gasteiger partial charge in [-0.1, -0.05) is 42.5 Å². The molecule has 0 amide bonds. The van der Waals surface area contributed by atoms with Gasteiger partial charge in [-0.3, -0.25) is 19.5 Å². The first kappa shape index (κ1) is 26.8. The molecule has 5 aromatic rings. The lowest BCUT2D eigenvalue weighted by atomic mass is 10.1. The van der Waals surface area contributed by atoms with Gasteiger partial charge in [-0.2, -0.15) is 0 Å². The number of aryl methyl sites for hydroxylation is 3. The average molecular weight is 557 g/mol. The van der Waals surface area contributed by atoms with Crippen LogP contribution >= 0.6 is 0 Å². The molecule has 0 atom stereocenters. The second-order valence-electron chi connectivity index (χ2n) is 9.32. The van der Waals surface area contributed by atoms with Crippen molar-refractivity contribution >= 4 is 49.5 Å². The van der Waals surface area contributed by atoms with E-state index in [9.17, 15) is 13.2 Å². The number of hydrogen-bond donors (Lipinski definition) is 3. The van der Waals surface area contributed by atoms with E-state index < -0.39 is 22.5 Å². The van der Waals surface area contributed by atoms with Gasteiger partial charge in [-0.25, -0.2) is 13.4 Å². The van der Waals surface area contributed by atoms with Gasteiger partial charge in [0.1, 0.15) is 23.1 Å². The highest BCUT2D eigenvalue weighted by Gasteiger charge is 2.31. The molecule has 0 fully saturated rings. The van der Waals surface area contributed by atoms with Crippen molar-refractivity contribution in [1.29, 1.82) is 5.41 Å². The third-order valence-corrected chi connectivity index (χ3v) is 8.57. The molecule has 5 rings (SSSR count). The Labute approximate surface area is 231 Å². The van der Waals surface area contributed by atoms with Gasteiger partial charge in [0.25, 0.3) is 10.0 Å². The van der Waals surface area contributed by atoms with Gasteiger partial charge in [0.15, 0.2) is 0 Å². The summed E-state index contributed by atoms with van der Waals surface area (Å²) in [6.45, 7) is 1.27.